The molecule has 0 saturated carbocycles. The summed E-state index contributed by atoms with van der Waals surface area (Å²) in [5.41, 5.74) is 2.84. The summed E-state index contributed by atoms with van der Waals surface area (Å²) in [4.78, 5) is 27.3. The molecule has 0 heterocycles. The van der Waals surface area contributed by atoms with Crippen molar-refractivity contribution in [3.8, 4) is 0 Å². The third kappa shape index (κ3) is 5.81. The van der Waals surface area contributed by atoms with Gasteiger partial charge in [-0.1, -0.05) is 42.5 Å². The van der Waals surface area contributed by atoms with Crippen LogP contribution in [0.3, 0.4) is 0 Å². The molecule has 0 unspecified atom stereocenters. The molecule has 2 aromatic carbocycles. The highest BCUT2D eigenvalue weighted by Gasteiger charge is 2.11. The lowest BCUT2D eigenvalue weighted by molar-refractivity contribution is -0.128. The van der Waals surface area contributed by atoms with E-state index in [1.807, 2.05) is 49.5 Å². The second-order valence-corrected chi connectivity index (χ2v) is 6.28. The zero-order valence-electron chi connectivity index (χ0n) is 15.5. The van der Waals surface area contributed by atoms with Crippen molar-refractivity contribution in [1.29, 1.82) is 0 Å². The number of anilines is 2. The van der Waals surface area contributed by atoms with E-state index in [4.69, 9.17) is 0 Å². The Hall–Kier alpha value is -3.02. The van der Waals surface area contributed by atoms with Crippen LogP contribution in [-0.2, 0) is 11.3 Å². The van der Waals surface area contributed by atoms with E-state index in [2.05, 4.69) is 27.7 Å². The van der Waals surface area contributed by atoms with Crippen molar-refractivity contribution in [2.45, 2.75) is 13.0 Å². The van der Waals surface area contributed by atoms with E-state index < -0.39 is 0 Å². The van der Waals surface area contributed by atoms with Gasteiger partial charge in [-0.3, -0.25) is 4.79 Å². The molecule has 2 rings (SSSR count). The fourth-order valence-corrected chi connectivity index (χ4v) is 2.53. The maximum atomic E-state index is 12.1. The summed E-state index contributed by atoms with van der Waals surface area (Å²) in [7, 11) is 5.38. The minimum Gasteiger partial charge on any atom is -0.369 e. The SMILES string of the molecule is CN(C)C(=O)CCNC(=O)Nc1ccccc1N(C)Cc1ccccc1. The Balaban J connectivity index is 1.95. The number of benzene rings is 2. The molecule has 2 N–H and O–H groups in total. The van der Waals surface area contributed by atoms with E-state index >= 15 is 0 Å². The van der Waals surface area contributed by atoms with Gasteiger partial charge in [0.15, 0.2) is 0 Å². The first kappa shape index (κ1) is 19.3. The maximum absolute atomic E-state index is 12.1. The summed E-state index contributed by atoms with van der Waals surface area (Å²) in [6.07, 6.45) is 0.274. The van der Waals surface area contributed by atoms with Crippen LogP contribution in [0.25, 0.3) is 0 Å². The number of nitrogens with one attached hydrogen (secondary N) is 2. The number of amides is 3. The van der Waals surface area contributed by atoms with Crippen LogP contribution in [0, 0.1) is 0 Å². The summed E-state index contributed by atoms with van der Waals surface area (Å²) in [6, 6.07) is 17.5. The van der Waals surface area contributed by atoms with E-state index in [0.717, 1.165) is 17.9 Å². The molecule has 0 aliphatic carbocycles. The molecule has 2 aromatic rings. The second kappa shape index (κ2) is 9.46. The predicted molar refractivity (Wildman–Crippen MR) is 105 cm³/mol. The van der Waals surface area contributed by atoms with Crippen molar-refractivity contribution in [2.24, 2.45) is 0 Å². The van der Waals surface area contributed by atoms with Crippen molar-refractivity contribution >= 4 is 23.3 Å². The molecule has 0 spiro atoms. The zero-order valence-corrected chi connectivity index (χ0v) is 15.5. The van der Waals surface area contributed by atoms with Crippen LogP contribution in [-0.4, -0.2) is 44.5 Å². The molecule has 0 atom stereocenters. The second-order valence-electron chi connectivity index (χ2n) is 6.28. The minimum absolute atomic E-state index is 0.0201. The summed E-state index contributed by atoms with van der Waals surface area (Å²) in [5, 5.41) is 5.58. The molecular weight excluding hydrogens is 328 g/mol. The number of nitrogens with zero attached hydrogens (tertiary/aromatic N) is 2. The quantitative estimate of drug-likeness (QED) is 0.803. The van der Waals surface area contributed by atoms with Crippen molar-refractivity contribution in [1.82, 2.24) is 10.2 Å². The molecule has 0 fully saturated rings. The number of urea groups is 1. The lowest BCUT2D eigenvalue weighted by Crippen LogP contribution is -2.33. The van der Waals surface area contributed by atoms with Crippen molar-refractivity contribution in [2.75, 3.05) is 37.9 Å². The molecule has 0 bridgehead atoms. The molecule has 6 heteroatoms. The largest absolute Gasteiger partial charge is 0.369 e. The zero-order chi connectivity index (χ0) is 18.9. The van der Waals surface area contributed by atoms with Gasteiger partial charge in [0.05, 0.1) is 11.4 Å². The van der Waals surface area contributed by atoms with Gasteiger partial charge in [-0.05, 0) is 17.7 Å². The normalized spacial score (nSPS) is 10.1. The molecule has 3 amide bonds. The number of para-hydroxylation sites is 2. The summed E-state index contributed by atoms with van der Waals surface area (Å²) in [5.74, 6) is -0.0201. The van der Waals surface area contributed by atoms with Gasteiger partial charge in [-0.15, -0.1) is 0 Å². The standard InChI is InChI=1S/C20H26N4O2/c1-23(2)19(25)13-14-21-20(26)22-17-11-7-8-12-18(17)24(3)15-16-9-5-4-6-10-16/h4-12H,13-15H2,1-3H3,(H2,21,22,26). The van der Waals surface area contributed by atoms with Gasteiger partial charge in [-0.25, -0.2) is 4.79 Å². The van der Waals surface area contributed by atoms with Gasteiger partial charge in [0.25, 0.3) is 0 Å². The van der Waals surface area contributed by atoms with Gasteiger partial charge in [0.1, 0.15) is 0 Å². The number of rotatable bonds is 7. The number of hydrogen-bond acceptors (Lipinski definition) is 3. The van der Waals surface area contributed by atoms with Crippen LogP contribution in [0.4, 0.5) is 16.2 Å². The summed E-state index contributed by atoms with van der Waals surface area (Å²) < 4.78 is 0. The third-order valence-corrected chi connectivity index (χ3v) is 3.95. The molecule has 6 nitrogen and oxygen atoms in total. The first-order chi connectivity index (χ1) is 12.5. The van der Waals surface area contributed by atoms with Crippen LogP contribution in [0.1, 0.15) is 12.0 Å². The van der Waals surface area contributed by atoms with Crippen LogP contribution in [0.15, 0.2) is 54.6 Å². The lowest BCUT2D eigenvalue weighted by Gasteiger charge is -2.23. The van der Waals surface area contributed by atoms with Gasteiger partial charge in [0, 0.05) is 40.7 Å². The Kier molecular flexibility index (Phi) is 7.02. The van der Waals surface area contributed by atoms with Crippen LogP contribution < -0.4 is 15.5 Å². The molecule has 138 valence electrons. The summed E-state index contributed by atoms with van der Waals surface area (Å²) >= 11 is 0. The Morgan fingerprint density at radius 2 is 1.58 bits per heavy atom. The van der Waals surface area contributed by atoms with Gasteiger partial charge in [0.2, 0.25) is 5.91 Å². The van der Waals surface area contributed by atoms with Crippen LogP contribution in [0.5, 0.6) is 0 Å². The predicted octanol–water partition coefficient (Wildman–Crippen LogP) is 2.92. The fourth-order valence-electron chi connectivity index (χ4n) is 2.53. The van der Waals surface area contributed by atoms with Gasteiger partial charge < -0.3 is 20.4 Å². The molecule has 0 aromatic heterocycles. The monoisotopic (exact) mass is 354 g/mol. The van der Waals surface area contributed by atoms with Crippen LogP contribution >= 0.6 is 0 Å². The van der Waals surface area contributed by atoms with Crippen LogP contribution in [0.2, 0.25) is 0 Å². The fraction of sp³-hybridized carbons (Fsp3) is 0.300. The van der Waals surface area contributed by atoms with Gasteiger partial charge >= 0.3 is 6.03 Å². The lowest BCUT2D eigenvalue weighted by atomic mass is 10.2. The highest BCUT2D eigenvalue weighted by molar-refractivity contribution is 5.93. The first-order valence-corrected chi connectivity index (χ1v) is 8.56. The van der Waals surface area contributed by atoms with E-state index in [-0.39, 0.29) is 18.4 Å². The first-order valence-electron chi connectivity index (χ1n) is 8.56. The van der Waals surface area contributed by atoms with E-state index in [0.29, 0.717) is 6.54 Å². The Morgan fingerprint density at radius 1 is 0.923 bits per heavy atom. The number of carbonyl (C=O) groups excluding carboxylic acids is 2. The maximum Gasteiger partial charge on any atom is 0.319 e. The van der Waals surface area contributed by atoms with E-state index in [9.17, 15) is 9.59 Å². The molecule has 0 saturated heterocycles. The highest BCUT2D eigenvalue weighted by atomic mass is 16.2. The molecular formula is C20H26N4O2. The third-order valence-electron chi connectivity index (χ3n) is 3.95. The molecule has 26 heavy (non-hydrogen) atoms. The molecule has 0 aliphatic rings. The Labute approximate surface area is 154 Å². The van der Waals surface area contributed by atoms with Gasteiger partial charge in [-0.2, -0.15) is 0 Å². The number of carbonyl (C=O) groups is 2. The minimum atomic E-state index is -0.322. The van der Waals surface area contributed by atoms with Crippen molar-refractivity contribution in [3.63, 3.8) is 0 Å². The topological polar surface area (TPSA) is 64.7 Å². The molecule has 0 aliphatic heterocycles. The van der Waals surface area contributed by atoms with E-state index in [1.54, 1.807) is 14.1 Å². The molecule has 0 radical (unpaired) electrons. The Bertz CT molecular complexity index is 732. The summed E-state index contributed by atoms with van der Waals surface area (Å²) in [6.45, 7) is 1.03. The average Bonchev–Trinajstić information content (AvgIpc) is 2.62. The van der Waals surface area contributed by atoms with Crippen molar-refractivity contribution in [3.05, 3.63) is 60.2 Å². The average molecular weight is 354 g/mol. The van der Waals surface area contributed by atoms with Crippen molar-refractivity contribution < 1.29 is 9.59 Å². The van der Waals surface area contributed by atoms with E-state index in [1.165, 1.54) is 10.5 Å². The smallest absolute Gasteiger partial charge is 0.319 e. The number of hydrogen-bond donors (Lipinski definition) is 2. The highest BCUT2D eigenvalue weighted by Crippen LogP contribution is 2.25. The Morgan fingerprint density at radius 3 is 2.27 bits per heavy atom.